The summed E-state index contributed by atoms with van der Waals surface area (Å²) in [6.07, 6.45) is 3.28. The molecule has 0 atom stereocenters. The first kappa shape index (κ1) is 12.2. The molecule has 2 N–H and O–H groups in total. The fourth-order valence-corrected chi connectivity index (χ4v) is 2.25. The molecule has 0 heterocycles. The Bertz CT molecular complexity index is 372. The van der Waals surface area contributed by atoms with E-state index in [9.17, 15) is 5.11 Å². The average Bonchev–Trinajstić information content (AvgIpc) is 2.22. The van der Waals surface area contributed by atoms with Crippen LogP contribution in [0.1, 0.15) is 24.8 Å². The molecule has 1 aliphatic rings. The number of aliphatic hydroxyl groups is 1. The van der Waals surface area contributed by atoms with Crippen molar-refractivity contribution in [3.63, 3.8) is 0 Å². The monoisotopic (exact) mass is 259 g/mol. The first-order valence-corrected chi connectivity index (χ1v) is 6.21. The van der Waals surface area contributed by atoms with Gasteiger partial charge in [-0.05, 0) is 37.0 Å². The van der Waals surface area contributed by atoms with Crippen LogP contribution in [0.25, 0.3) is 0 Å². The number of benzene rings is 1. The van der Waals surface area contributed by atoms with Crippen LogP contribution >= 0.6 is 23.2 Å². The van der Waals surface area contributed by atoms with Gasteiger partial charge in [-0.2, -0.15) is 0 Å². The van der Waals surface area contributed by atoms with E-state index in [1.807, 2.05) is 12.1 Å². The molecule has 0 unspecified atom stereocenters. The van der Waals surface area contributed by atoms with Crippen LogP contribution in [0.5, 0.6) is 0 Å². The maximum atomic E-state index is 9.30. The number of nitrogens with one attached hydrogen (secondary N) is 1. The molecule has 1 saturated carbocycles. The van der Waals surface area contributed by atoms with Crippen LogP contribution in [-0.4, -0.2) is 17.3 Å². The van der Waals surface area contributed by atoms with E-state index >= 15 is 0 Å². The van der Waals surface area contributed by atoms with E-state index in [1.54, 1.807) is 6.07 Å². The zero-order valence-corrected chi connectivity index (χ0v) is 10.5. The maximum Gasteiger partial charge on any atom is 0.0613 e. The van der Waals surface area contributed by atoms with Crippen molar-refractivity contribution in [1.29, 1.82) is 0 Å². The van der Waals surface area contributed by atoms with Gasteiger partial charge in [-0.1, -0.05) is 29.3 Å². The Balaban J connectivity index is 1.96. The van der Waals surface area contributed by atoms with E-state index in [4.69, 9.17) is 23.2 Å². The molecule has 4 heteroatoms. The van der Waals surface area contributed by atoms with Gasteiger partial charge in [0, 0.05) is 12.1 Å². The van der Waals surface area contributed by atoms with Gasteiger partial charge < -0.3 is 10.4 Å². The van der Waals surface area contributed by atoms with Crippen molar-refractivity contribution in [3.05, 3.63) is 33.8 Å². The summed E-state index contributed by atoms with van der Waals surface area (Å²) in [6, 6.07) is 5.61. The first-order chi connectivity index (χ1) is 7.65. The molecule has 0 aromatic heterocycles. The van der Waals surface area contributed by atoms with E-state index < -0.39 is 0 Å². The van der Waals surface area contributed by atoms with Crippen molar-refractivity contribution >= 4 is 23.2 Å². The van der Waals surface area contributed by atoms with Gasteiger partial charge in [-0.15, -0.1) is 0 Å². The zero-order chi connectivity index (χ0) is 11.6. The van der Waals surface area contributed by atoms with Crippen LogP contribution < -0.4 is 5.32 Å². The van der Waals surface area contributed by atoms with Gasteiger partial charge in [0.15, 0.2) is 0 Å². The molecule has 1 aromatic rings. The van der Waals surface area contributed by atoms with Crippen LogP contribution in [0.3, 0.4) is 0 Å². The highest BCUT2D eigenvalue weighted by Crippen LogP contribution is 2.31. The molecule has 1 fully saturated rings. The lowest BCUT2D eigenvalue weighted by Crippen LogP contribution is -2.53. The summed E-state index contributed by atoms with van der Waals surface area (Å²) in [6.45, 7) is 0.922. The van der Waals surface area contributed by atoms with Gasteiger partial charge >= 0.3 is 0 Å². The molecule has 1 aromatic carbocycles. The van der Waals surface area contributed by atoms with E-state index in [0.717, 1.165) is 24.9 Å². The topological polar surface area (TPSA) is 32.3 Å². The molecule has 16 heavy (non-hydrogen) atoms. The van der Waals surface area contributed by atoms with Gasteiger partial charge in [0.25, 0.3) is 0 Å². The van der Waals surface area contributed by atoms with E-state index in [2.05, 4.69) is 5.32 Å². The van der Waals surface area contributed by atoms with Crippen LogP contribution in [0.15, 0.2) is 18.2 Å². The normalized spacial score (nSPS) is 18.2. The molecule has 2 nitrogen and oxygen atoms in total. The molecule has 0 aliphatic heterocycles. The van der Waals surface area contributed by atoms with Gasteiger partial charge in [0.05, 0.1) is 16.7 Å². The number of hydrogen-bond acceptors (Lipinski definition) is 2. The fraction of sp³-hybridized carbons (Fsp3) is 0.500. The average molecular weight is 260 g/mol. The largest absolute Gasteiger partial charge is 0.394 e. The standard InChI is InChI=1S/C12H15Cl2NO/c13-10-3-2-9(6-11(10)14)7-15-12(8-16)4-1-5-12/h2-3,6,15-16H,1,4-5,7-8H2. The molecule has 0 radical (unpaired) electrons. The number of rotatable bonds is 4. The lowest BCUT2D eigenvalue weighted by Gasteiger charge is -2.41. The summed E-state index contributed by atoms with van der Waals surface area (Å²) in [5.41, 5.74) is 1.03. The van der Waals surface area contributed by atoms with Crippen LogP contribution in [0.2, 0.25) is 10.0 Å². The SMILES string of the molecule is OCC1(NCc2ccc(Cl)c(Cl)c2)CCC1. The van der Waals surface area contributed by atoms with Gasteiger partial charge in [-0.25, -0.2) is 0 Å². The summed E-state index contributed by atoms with van der Waals surface area (Å²) in [4.78, 5) is 0. The quantitative estimate of drug-likeness (QED) is 0.872. The smallest absolute Gasteiger partial charge is 0.0613 e. The van der Waals surface area contributed by atoms with Crippen molar-refractivity contribution < 1.29 is 5.11 Å². The molecule has 0 spiro atoms. The van der Waals surface area contributed by atoms with Gasteiger partial charge in [0.1, 0.15) is 0 Å². The molecule has 2 rings (SSSR count). The Kier molecular flexibility index (Phi) is 3.75. The second-order valence-corrected chi connectivity index (χ2v) is 5.21. The summed E-state index contributed by atoms with van der Waals surface area (Å²) >= 11 is 11.8. The minimum atomic E-state index is -0.0634. The summed E-state index contributed by atoms with van der Waals surface area (Å²) in [5.74, 6) is 0. The first-order valence-electron chi connectivity index (χ1n) is 5.45. The molecule has 0 bridgehead atoms. The Hall–Kier alpha value is -0.280. The lowest BCUT2D eigenvalue weighted by molar-refractivity contribution is 0.0872. The van der Waals surface area contributed by atoms with Crippen molar-refractivity contribution in [2.45, 2.75) is 31.3 Å². The predicted molar refractivity (Wildman–Crippen MR) is 67.0 cm³/mol. The Morgan fingerprint density at radius 3 is 2.50 bits per heavy atom. The Morgan fingerprint density at radius 1 is 1.25 bits per heavy atom. The highest BCUT2D eigenvalue weighted by Gasteiger charge is 2.35. The summed E-state index contributed by atoms with van der Waals surface area (Å²) in [7, 11) is 0. The van der Waals surface area contributed by atoms with Crippen molar-refractivity contribution in [3.8, 4) is 0 Å². The molecular weight excluding hydrogens is 245 g/mol. The molecule has 1 aliphatic carbocycles. The Morgan fingerprint density at radius 2 is 2.00 bits per heavy atom. The highest BCUT2D eigenvalue weighted by molar-refractivity contribution is 6.42. The number of halogens is 2. The second-order valence-electron chi connectivity index (χ2n) is 4.39. The predicted octanol–water partition coefficient (Wildman–Crippen LogP) is 3.00. The third-order valence-electron chi connectivity index (χ3n) is 3.26. The molecule has 0 amide bonds. The molecule has 88 valence electrons. The van der Waals surface area contributed by atoms with Crippen molar-refractivity contribution in [1.82, 2.24) is 5.32 Å². The lowest BCUT2D eigenvalue weighted by atomic mass is 9.77. The minimum Gasteiger partial charge on any atom is -0.394 e. The second kappa shape index (κ2) is 4.92. The highest BCUT2D eigenvalue weighted by atomic mass is 35.5. The van der Waals surface area contributed by atoms with Crippen molar-refractivity contribution in [2.75, 3.05) is 6.61 Å². The van der Waals surface area contributed by atoms with E-state index in [0.29, 0.717) is 10.0 Å². The summed E-state index contributed by atoms with van der Waals surface area (Å²) < 4.78 is 0. The zero-order valence-electron chi connectivity index (χ0n) is 8.97. The third-order valence-corrected chi connectivity index (χ3v) is 4.00. The number of aliphatic hydroxyl groups excluding tert-OH is 1. The Labute approximate surface area is 106 Å². The van der Waals surface area contributed by atoms with Gasteiger partial charge in [0.2, 0.25) is 0 Å². The van der Waals surface area contributed by atoms with Crippen LogP contribution in [0, 0.1) is 0 Å². The van der Waals surface area contributed by atoms with Crippen molar-refractivity contribution in [2.24, 2.45) is 0 Å². The van der Waals surface area contributed by atoms with Crippen LogP contribution in [-0.2, 0) is 6.54 Å². The molecule has 0 saturated heterocycles. The fourth-order valence-electron chi connectivity index (χ4n) is 1.93. The minimum absolute atomic E-state index is 0.0634. The maximum absolute atomic E-state index is 9.30. The molecular formula is C12H15Cl2NO. The van der Waals surface area contributed by atoms with E-state index in [1.165, 1.54) is 6.42 Å². The number of hydrogen-bond donors (Lipinski definition) is 2. The van der Waals surface area contributed by atoms with E-state index in [-0.39, 0.29) is 12.1 Å². The third kappa shape index (κ3) is 2.51. The van der Waals surface area contributed by atoms with Crippen LogP contribution in [0.4, 0.5) is 0 Å². The van der Waals surface area contributed by atoms with Gasteiger partial charge in [-0.3, -0.25) is 0 Å². The summed E-state index contributed by atoms with van der Waals surface area (Å²) in [5, 5.41) is 13.8.